The van der Waals surface area contributed by atoms with Crippen molar-refractivity contribution >= 4 is 17.0 Å². The second-order valence-corrected chi connectivity index (χ2v) is 5.60. The minimum absolute atomic E-state index is 0.0566. The van der Waals surface area contributed by atoms with Crippen LogP contribution in [-0.2, 0) is 0 Å². The summed E-state index contributed by atoms with van der Waals surface area (Å²) < 4.78 is 28.1. The molecule has 2 N–H and O–H groups in total. The van der Waals surface area contributed by atoms with Crippen LogP contribution in [0.25, 0.3) is 11.0 Å². The molecule has 0 saturated carbocycles. The number of hydrogen-bond acceptors (Lipinski definition) is 3. The fourth-order valence-electron chi connectivity index (χ4n) is 2.60. The molecule has 0 aliphatic carbocycles. The van der Waals surface area contributed by atoms with Crippen LogP contribution in [0.2, 0.25) is 0 Å². The fourth-order valence-corrected chi connectivity index (χ4v) is 2.60. The average Bonchev–Trinajstić information content (AvgIpc) is 2.92. The van der Waals surface area contributed by atoms with Gasteiger partial charge < -0.3 is 15.2 Å². The quantitative estimate of drug-likeness (QED) is 0.756. The number of imidazole rings is 1. The Morgan fingerprint density at radius 2 is 1.78 bits per heavy atom. The summed E-state index contributed by atoms with van der Waals surface area (Å²) in [5, 5.41) is 3.13. The summed E-state index contributed by atoms with van der Waals surface area (Å²) in [6.45, 7) is 0.324. The molecule has 1 unspecified atom stereocenters. The molecule has 3 rings (SSSR count). The van der Waals surface area contributed by atoms with Crippen LogP contribution >= 0.6 is 0 Å². The molecule has 0 radical (unpaired) electrons. The first-order chi connectivity index (χ1) is 11.1. The van der Waals surface area contributed by atoms with E-state index in [1.54, 1.807) is 19.0 Å². The zero-order valence-corrected chi connectivity index (χ0v) is 13.0. The van der Waals surface area contributed by atoms with Gasteiger partial charge in [0.2, 0.25) is 5.95 Å². The molecule has 1 heterocycles. The molecule has 2 aromatic carbocycles. The Bertz CT molecular complexity index is 760. The van der Waals surface area contributed by atoms with Crippen LogP contribution in [0.15, 0.2) is 42.5 Å². The maximum absolute atomic E-state index is 14.0. The molecule has 23 heavy (non-hydrogen) atoms. The Kier molecular flexibility index (Phi) is 4.25. The standard InChI is InChI=1S/C17H18F2N4/c1-23(2)15(16-11(18)6-5-7-12(16)19)10-20-17-21-13-8-3-4-9-14(13)22-17/h3-9,15H,10H2,1-2H3,(H2,20,21,22). The Morgan fingerprint density at radius 1 is 1.09 bits per heavy atom. The highest BCUT2D eigenvalue weighted by molar-refractivity contribution is 5.77. The predicted molar refractivity (Wildman–Crippen MR) is 87.4 cm³/mol. The van der Waals surface area contributed by atoms with Gasteiger partial charge in [0.05, 0.1) is 17.1 Å². The van der Waals surface area contributed by atoms with Crippen LogP contribution < -0.4 is 5.32 Å². The van der Waals surface area contributed by atoms with Gasteiger partial charge in [0.1, 0.15) is 11.6 Å². The molecule has 0 saturated heterocycles. The summed E-state index contributed by atoms with van der Waals surface area (Å²) in [7, 11) is 3.58. The second kappa shape index (κ2) is 6.34. The Hall–Kier alpha value is -2.47. The van der Waals surface area contributed by atoms with Gasteiger partial charge in [0.25, 0.3) is 0 Å². The lowest BCUT2D eigenvalue weighted by Gasteiger charge is -2.25. The average molecular weight is 316 g/mol. The van der Waals surface area contributed by atoms with E-state index in [1.807, 2.05) is 24.3 Å². The predicted octanol–water partition coefficient (Wildman–Crippen LogP) is 3.56. The first-order valence-electron chi connectivity index (χ1n) is 7.35. The molecule has 0 aliphatic heterocycles. The SMILES string of the molecule is CN(C)C(CNc1nc2ccccc2[nH]1)c1c(F)cccc1F. The van der Waals surface area contributed by atoms with E-state index >= 15 is 0 Å². The van der Waals surface area contributed by atoms with E-state index in [0.29, 0.717) is 12.5 Å². The number of rotatable bonds is 5. The number of halogens is 2. The molecule has 0 fully saturated rings. The van der Waals surface area contributed by atoms with Gasteiger partial charge in [-0.1, -0.05) is 18.2 Å². The number of nitrogens with one attached hydrogen (secondary N) is 2. The number of aromatic amines is 1. The number of likely N-dealkylation sites (N-methyl/N-ethyl adjacent to an activating group) is 1. The molecule has 0 amide bonds. The normalized spacial score (nSPS) is 12.7. The number of hydrogen-bond donors (Lipinski definition) is 2. The first-order valence-corrected chi connectivity index (χ1v) is 7.35. The summed E-state index contributed by atoms with van der Waals surface area (Å²) in [5.41, 5.74) is 1.81. The van der Waals surface area contributed by atoms with Crippen molar-refractivity contribution in [3.05, 3.63) is 59.7 Å². The monoisotopic (exact) mass is 316 g/mol. The van der Waals surface area contributed by atoms with Crippen LogP contribution in [0.1, 0.15) is 11.6 Å². The fraction of sp³-hybridized carbons (Fsp3) is 0.235. The summed E-state index contributed by atoms with van der Waals surface area (Å²) in [4.78, 5) is 9.33. The van der Waals surface area contributed by atoms with Crippen molar-refractivity contribution in [2.24, 2.45) is 0 Å². The van der Waals surface area contributed by atoms with E-state index in [4.69, 9.17) is 0 Å². The van der Waals surface area contributed by atoms with Crippen LogP contribution in [0.3, 0.4) is 0 Å². The number of benzene rings is 2. The van der Waals surface area contributed by atoms with Crippen LogP contribution in [0, 0.1) is 11.6 Å². The molecule has 1 aromatic heterocycles. The van der Waals surface area contributed by atoms with Gasteiger partial charge in [0, 0.05) is 12.1 Å². The van der Waals surface area contributed by atoms with E-state index in [1.165, 1.54) is 18.2 Å². The summed E-state index contributed by atoms with van der Waals surface area (Å²) in [6.07, 6.45) is 0. The lowest BCUT2D eigenvalue weighted by Crippen LogP contribution is -2.28. The van der Waals surface area contributed by atoms with E-state index < -0.39 is 17.7 Å². The topological polar surface area (TPSA) is 44.0 Å². The molecule has 0 aliphatic rings. The van der Waals surface area contributed by atoms with Crippen LogP contribution in [0.5, 0.6) is 0 Å². The number of fused-ring (bicyclic) bond motifs is 1. The molecule has 6 heteroatoms. The van der Waals surface area contributed by atoms with E-state index in [9.17, 15) is 8.78 Å². The first kappa shape index (κ1) is 15.4. The maximum atomic E-state index is 14.0. The second-order valence-electron chi connectivity index (χ2n) is 5.60. The van der Waals surface area contributed by atoms with Crippen molar-refractivity contribution in [2.75, 3.05) is 26.0 Å². The number of H-pyrrole nitrogens is 1. The van der Waals surface area contributed by atoms with Crippen molar-refractivity contribution in [3.63, 3.8) is 0 Å². The van der Waals surface area contributed by atoms with Gasteiger partial charge in [-0.05, 0) is 38.4 Å². The lowest BCUT2D eigenvalue weighted by atomic mass is 10.0. The molecule has 0 spiro atoms. The third-order valence-corrected chi connectivity index (χ3v) is 3.81. The van der Waals surface area contributed by atoms with Gasteiger partial charge in [-0.25, -0.2) is 13.8 Å². The van der Waals surface area contributed by atoms with Crippen LogP contribution in [0.4, 0.5) is 14.7 Å². The zero-order chi connectivity index (χ0) is 16.4. The molecule has 4 nitrogen and oxygen atoms in total. The van der Waals surface area contributed by atoms with Gasteiger partial charge >= 0.3 is 0 Å². The van der Waals surface area contributed by atoms with E-state index in [2.05, 4.69) is 15.3 Å². The highest BCUT2D eigenvalue weighted by atomic mass is 19.1. The van der Waals surface area contributed by atoms with Crippen molar-refractivity contribution in [1.82, 2.24) is 14.9 Å². The van der Waals surface area contributed by atoms with Gasteiger partial charge in [0.15, 0.2) is 0 Å². The molecular formula is C17H18F2N4. The Balaban J connectivity index is 1.83. The molecular weight excluding hydrogens is 298 g/mol. The number of nitrogens with zero attached hydrogens (tertiary/aromatic N) is 2. The number of para-hydroxylation sites is 2. The summed E-state index contributed by atoms with van der Waals surface area (Å²) in [5.74, 6) is -0.514. The zero-order valence-electron chi connectivity index (χ0n) is 13.0. The largest absolute Gasteiger partial charge is 0.354 e. The number of anilines is 1. The van der Waals surface area contributed by atoms with Crippen molar-refractivity contribution in [3.8, 4) is 0 Å². The summed E-state index contributed by atoms with van der Waals surface area (Å²) in [6, 6.07) is 11.1. The smallest absolute Gasteiger partial charge is 0.201 e. The lowest BCUT2D eigenvalue weighted by molar-refractivity contribution is 0.295. The van der Waals surface area contributed by atoms with Crippen molar-refractivity contribution in [2.45, 2.75) is 6.04 Å². The third-order valence-electron chi connectivity index (χ3n) is 3.81. The highest BCUT2D eigenvalue weighted by Crippen LogP contribution is 2.25. The molecule has 120 valence electrons. The van der Waals surface area contributed by atoms with Gasteiger partial charge in [-0.15, -0.1) is 0 Å². The number of aromatic nitrogens is 2. The van der Waals surface area contributed by atoms with Gasteiger partial charge in [-0.2, -0.15) is 0 Å². The summed E-state index contributed by atoms with van der Waals surface area (Å²) >= 11 is 0. The minimum Gasteiger partial charge on any atom is -0.354 e. The highest BCUT2D eigenvalue weighted by Gasteiger charge is 2.22. The Labute approximate surface area is 133 Å². The van der Waals surface area contributed by atoms with Crippen molar-refractivity contribution in [1.29, 1.82) is 0 Å². The van der Waals surface area contributed by atoms with E-state index in [-0.39, 0.29) is 5.56 Å². The minimum atomic E-state index is -0.546. The van der Waals surface area contributed by atoms with Crippen LogP contribution in [-0.4, -0.2) is 35.5 Å². The van der Waals surface area contributed by atoms with E-state index in [0.717, 1.165) is 11.0 Å². The Morgan fingerprint density at radius 3 is 2.43 bits per heavy atom. The molecule has 3 aromatic rings. The third kappa shape index (κ3) is 3.17. The molecule has 1 atom stereocenters. The molecule has 0 bridgehead atoms. The van der Waals surface area contributed by atoms with Gasteiger partial charge in [-0.3, -0.25) is 0 Å². The maximum Gasteiger partial charge on any atom is 0.201 e. The van der Waals surface area contributed by atoms with Crippen molar-refractivity contribution < 1.29 is 8.78 Å².